The zero-order valence-electron chi connectivity index (χ0n) is 14.4. The highest BCUT2D eigenvalue weighted by Gasteiger charge is 2.30. The molecule has 0 radical (unpaired) electrons. The molecule has 1 fully saturated rings. The molecule has 0 aromatic heterocycles. The average Bonchev–Trinajstić information content (AvgIpc) is 2.61. The van der Waals surface area contributed by atoms with Gasteiger partial charge in [-0.1, -0.05) is 31.4 Å². The summed E-state index contributed by atoms with van der Waals surface area (Å²) in [6, 6.07) is 3.55. The number of benzene rings is 1. The predicted octanol–water partition coefficient (Wildman–Crippen LogP) is 2.85. The van der Waals surface area contributed by atoms with E-state index in [0.717, 1.165) is 31.2 Å². The molecular formula is C18H24ClNO4S. The van der Waals surface area contributed by atoms with Crippen LogP contribution in [0.4, 0.5) is 0 Å². The van der Waals surface area contributed by atoms with Crippen molar-refractivity contribution < 1.29 is 18.5 Å². The largest absolute Gasteiger partial charge is 0.486 e. The first-order valence-electron chi connectivity index (χ1n) is 8.83. The van der Waals surface area contributed by atoms with E-state index in [9.17, 15) is 9.00 Å². The lowest BCUT2D eigenvalue weighted by Gasteiger charge is -2.31. The second-order valence-electron chi connectivity index (χ2n) is 6.44. The molecule has 25 heavy (non-hydrogen) atoms. The lowest BCUT2D eigenvalue weighted by atomic mass is 9.94. The van der Waals surface area contributed by atoms with Gasteiger partial charge in [0.1, 0.15) is 13.2 Å². The highest BCUT2D eigenvalue weighted by molar-refractivity contribution is 7.85. The molecule has 3 rings (SSSR count). The van der Waals surface area contributed by atoms with Crippen LogP contribution in [-0.4, -0.2) is 40.4 Å². The summed E-state index contributed by atoms with van der Waals surface area (Å²) in [6.45, 7) is 2.89. The Morgan fingerprint density at radius 1 is 1.28 bits per heavy atom. The van der Waals surface area contributed by atoms with E-state index in [4.69, 9.17) is 21.1 Å². The van der Waals surface area contributed by atoms with Gasteiger partial charge in [0.05, 0.1) is 16.7 Å². The normalized spacial score (nSPS) is 23.8. The summed E-state index contributed by atoms with van der Waals surface area (Å²) in [5, 5.41) is 3.61. The second-order valence-corrected chi connectivity index (χ2v) is 8.80. The summed E-state index contributed by atoms with van der Waals surface area (Å²) in [4.78, 5) is 12.5. The summed E-state index contributed by atoms with van der Waals surface area (Å²) in [7, 11) is -0.884. The third-order valence-corrected chi connectivity index (χ3v) is 6.78. The topological polar surface area (TPSA) is 64.6 Å². The molecule has 1 amide bonds. The minimum atomic E-state index is -0.884. The van der Waals surface area contributed by atoms with Crippen molar-refractivity contribution in [2.45, 2.75) is 50.3 Å². The van der Waals surface area contributed by atoms with Crippen LogP contribution in [0.2, 0.25) is 5.02 Å². The number of nitrogens with one attached hydrogen (secondary N) is 1. The van der Waals surface area contributed by atoms with Gasteiger partial charge in [0.25, 0.3) is 0 Å². The maximum absolute atomic E-state index is 12.5. The first-order chi connectivity index (χ1) is 12.1. The van der Waals surface area contributed by atoms with Crippen LogP contribution in [0.3, 0.4) is 0 Å². The van der Waals surface area contributed by atoms with Gasteiger partial charge >= 0.3 is 0 Å². The van der Waals surface area contributed by atoms with Crippen molar-refractivity contribution in [1.82, 2.24) is 5.32 Å². The van der Waals surface area contributed by atoms with E-state index < -0.39 is 10.8 Å². The smallest absolute Gasteiger partial charge is 0.224 e. The summed E-state index contributed by atoms with van der Waals surface area (Å²) >= 11 is 6.23. The fraction of sp³-hybridized carbons (Fsp3) is 0.611. The average molecular weight is 386 g/mol. The van der Waals surface area contributed by atoms with Crippen LogP contribution in [0, 0.1) is 0 Å². The van der Waals surface area contributed by atoms with Gasteiger partial charge in [-0.3, -0.25) is 9.00 Å². The van der Waals surface area contributed by atoms with E-state index in [1.54, 1.807) is 6.07 Å². The molecule has 1 heterocycles. The SMILES string of the molecule is CC[S@@](=O)[C@H]1CCCC[C@@H]1NC(=O)Cc1cc(Cl)c2c(c1)OCCO2. The van der Waals surface area contributed by atoms with Crippen LogP contribution in [0.1, 0.15) is 38.2 Å². The Labute approximate surface area is 155 Å². The third kappa shape index (κ3) is 4.47. The van der Waals surface area contributed by atoms with E-state index in [1.807, 2.05) is 13.0 Å². The number of hydrogen-bond donors (Lipinski definition) is 1. The fourth-order valence-electron chi connectivity index (χ4n) is 3.50. The van der Waals surface area contributed by atoms with E-state index in [0.29, 0.717) is 35.5 Å². The van der Waals surface area contributed by atoms with Crippen molar-refractivity contribution in [3.8, 4) is 11.5 Å². The third-order valence-electron chi connectivity index (χ3n) is 4.69. The number of fused-ring (bicyclic) bond motifs is 1. The van der Waals surface area contributed by atoms with Crippen LogP contribution in [0.25, 0.3) is 0 Å². The van der Waals surface area contributed by atoms with E-state index in [2.05, 4.69) is 5.32 Å². The summed E-state index contributed by atoms with van der Waals surface area (Å²) in [6.07, 6.45) is 4.18. The summed E-state index contributed by atoms with van der Waals surface area (Å²) < 4.78 is 23.3. The van der Waals surface area contributed by atoms with Crippen LogP contribution >= 0.6 is 11.6 Å². The van der Waals surface area contributed by atoms with Crippen LogP contribution in [-0.2, 0) is 22.0 Å². The number of carbonyl (C=O) groups is 1. The molecule has 1 aromatic carbocycles. The molecule has 1 aliphatic carbocycles. The monoisotopic (exact) mass is 385 g/mol. The Bertz CT molecular complexity index is 667. The first-order valence-corrected chi connectivity index (χ1v) is 10.6. The molecule has 1 aliphatic heterocycles. The molecule has 1 N–H and O–H groups in total. The fourth-order valence-corrected chi connectivity index (χ4v) is 5.22. The molecule has 0 spiro atoms. The highest BCUT2D eigenvalue weighted by atomic mass is 35.5. The molecule has 138 valence electrons. The van der Waals surface area contributed by atoms with Gasteiger partial charge in [0.2, 0.25) is 5.91 Å². The number of carbonyl (C=O) groups excluding carboxylic acids is 1. The van der Waals surface area contributed by atoms with Gasteiger partial charge in [0.15, 0.2) is 11.5 Å². The van der Waals surface area contributed by atoms with Gasteiger partial charge in [-0.05, 0) is 30.5 Å². The van der Waals surface area contributed by atoms with Crippen molar-refractivity contribution in [3.63, 3.8) is 0 Å². The Kier molecular flexibility index (Phi) is 6.23. The molecular weight excluding hydrogens is 362 g/mol. The summed E-state index contributed by atoms with van der Waals surface area (Å²) in [5.41, 5.74) is 0.788. The minimum Gasteiger partial charge on any atom is -0.486 e. The zero-order valence-corrected chi connectivity index (χ0v) is 16.0. The van der Waals surface area contributed by atoms with Crippen molar-refractivity contribution in [2.24, 2.45) is 0 Å². The van der Waals surface area contributed by atoms with E-state index >= 15 is 0 Å². The molecule has 1 saturated carbocycles. The maximum Gasteiger partial charge on any atom is 0.224 e. The first kappa shape index (κ1) is 18.5. The molecule has 7 heteroatoms. The summed E-state index contributed by atoms with van der Waals surface area (Å²) in [5.74, 6) is 1.69. The van der Waals surface area contributed by atoms with Crippen LogP contribution < -0.4 is 14.8 Å². The number of ether oxygens (including phenoxy) is 2. The van der Waals surface area contributed by atoms with Crippen molar-refractivity contribution in [3.05, 3.63) is 22.7 Å². The van der Waals surface area contributed by atoms with E-state index in [-0.39, 0.29) is 23.6 Å². The zero-order chi connectivity index (χ0) is 17.8. The Balaban J connectivity index is 1.66. The van der Waals surface area contributed by atoms with Crippen molar-refractivity contribution >= 4 is 28.3 Å². The van der Waals surface area contributed by atoms with Gasteiger partial charge in [-0.15, -0.1) is 0 Å². The number of halogens is 1. The lowest BCUT2D eigenvalue weighted by Crippen LogP contribution is -2.47. The maximum atomic E-state index is 12.5. The Morgan fingerprint density at radius 2 is 2.04 bits per heavy atom. The highest BCUT2D eigenvalue weighted by Crippen LogP contribution is 2.38. The van der Waals surface area contributed by atoms with Crippen LogP contribution in [0.15, 0.2) is 12.1 Å². The molecule has 0 unspecified atom stereocenters. The minimum absolute atomic E-state index is 0.00489. The van der Waals surface area contributed by atoms with Crippen molar-refractivity contribution in [2.75, 3.05) is 19.0 Å². The van der Waals surface area contributed by atoms with Crippen molar-refractivity contribution in [1.29, 1.82) is 0 Å². The molecule has 3 atom stereocenters. The van der Waals surface area contributed by atoms with Gasteiger partial charge < -0.3 is 14.8 Å². The molecule has 1 aromatic rings. The van der Waals surface area contributed by atoms with Gasteiger partial charge in [-0.25, -0.2) is 0 Å². The molecule has 5 nitrogen and oxygen atoms in total. The van der Waals surface area contributed by atoms with Gasteiger partial charge in [0, 0.05) is 22.6 Å². The quantitative estimate of drug-likeness (QED) is 0.846. The predicted molar refractivity (Wildman–Crippen MR) is 99.0 cm³/mol. The van der Waals surface area contributed by atoms with E-state index in [1.165, 1.54) is 0 Å². The van der Waals surface area contributed by atoms with Gasteiger partial charge in [-0.2, -0.15) is 0 Å². The Hall–Kier alpha value is -1.27. The molecule has 2 aliphatic rings. The molecule has 0 bridgehead atoms. The van der Waals surface area contributed by atoms with Crippen LogP contribution in [0.5, 0.6) is 11.5 Å². The number of amides is 1. The number of hydrogen-bond acceptors (Lipinski definition) is 4. The Morgan fingerprint density at radius 3 is 2.84 bits per heavy atom. The standard InChI is InChI=1S/C18H24ClNO4S/c1-2-25(22)16-6-4-3-5-14(16)20-17(21)11-12-9-13(19)18-15(10-12)23-7-8-24-18/h9-10,14,16H,2-8,11H2,1H3,(H,20,21)/t14-,16-,25+/m0/s1. The molecule has 0 saturated heterocycles. The number of rotatable bonds is 5. The lowest BCUT2D eigenvalue weighted by molar-refractivity contribution is -0.121. The second kappa shape index (κ2) is 8.41.